The van der Waals surface area contributed by atoms with Crippen molar-refractivity contribution in [3.05, 3.63) is 52.9 Å². The molecule has 1 aromatic carbocycles. The first-order valence-corrected chi connectivity index (χ1v) is 13.9. The summed E-state index contributed by atoms with van der Waals surface area (Å²) < 4.78 is 36.7. The van der Waals surface area contributed by atoms with Gasteiger partial charge in [-0.05, 0) is 68.9 Å². The van der Waals surface area contributed by atoms with Crippen molar-refractivity contribution in [1.82, 2.24) is 9.47 Å². The third kappa shape index (κ3) is 4.71. The molecule has 182 valence electrons. The Morgan fingerprint density at radius 1 is 0.941 bits per heavy atom. The van der Waals surface area contributed by atoms with Crippen LogP contribution in [0.5, 0.6) is 5.75 Å². The molecule has 34 heavy (non-hydrogen) atoms. The van der Waals surface area contributed by atoms with Crippen LogP contribution in [0.2, 0.25) is 0 Å². The summed E-state index contributed by atoms with van der Waals surface area (Å²) >= 11 is 0. The zero-order valence-electron chi connectivity index (χ0n) is 19.3. The number of benzene rings is 1. The number of hydrogen-bond acceptors (Lipinski definition) is 6. The SMILES string of the molecule is CS(=O)(=O)c1ccc(-n2ccc(OC3C[C@H]4CC[C@H](C3)N4C(=O)OC3CCCC3)cc2=O)cc1. The molecule has 1 aromatic heterocycles. The summed E-state index contributed by atoms with van der Waals surface area (Å²) in [6.45, 7) is 0. The molecule has 1 amide bonds. The number of amides is 1. The Balaban J connectivity index is 1.23. The van der Waals surface area contributed by atoms with Gasteiger partial charge in [0.25, 0.3) is 5.56 Å². The van der Waals surface area contributed by atoms with Crippen LogP contribution in [0.4, 0.5) is 4.79 Å². The lowest BCUT2D eigenvalue weighted by Crippen LogP contribution is -2.50. The van der Waals surface area contributed by atoms with E-state index < -0.39 is 9.84 Å². The molecule has 1 saturated carbocycles. The molecule has 8 nitrogen and oxygen atoms in total. The fraction of sp³-hybridized carbons (Fsp3) is 0.520. The maximum absolute atomic E-state index is 12.8. The van der Waals surface area contributed by atoms with Crippen molar-refractivity contribution in [3.63, 3.8) is 0 Å². The van der Waals surface area contributed by atoms with Gasteiger partial charge in [0.15, 0.2) is 9.84 Å². The van der Waals surface area contributed by atoms with E-state index in [2.05, 4.69) is 0 Å². The molecule has 2 saturated heterocycles. The zero-order chi connectivity index (χ0) is 23.9. The molecule has 3 fully saturated rings. The van der Waals surface area contributed by atoms with Crippen LogP contribution in [0.3, 0.4) is 0 Å². The second kappa shape index (κ2) is 9.09. The highest BCUT2D eigenvalue weighted by atomic mass is 32.2. The van der Waals surface area contributed by atoms with Gasteiger partial charge in [-0.25, -0.2) is 13.2 Å². The molecule has 3 heterocycles. The second-order valence-electron chi connectivity index (χ2n) is 9.63. The van der Waals surface area contributed by atoms with Gasteiger partial charge in [-0.15, -0.1) is 0 Å². The fourth-order valence-corrected chi connectivity index (χ4v) is 6.16. The van der Waals surface area contributed by atoms with E-state index in [9.17, 15) is 18.0 Å². The van der Waals surface area contributed by atoms with Gasteiger partial charge in [-0.1, -0.05) is 0 Å². The lowest BCUT2D eigenvalue weighted by atomic mass is 10.00. The van der Waals surface area contributed by atoms with Crippen molar-refractivity contribution in [2.75, 3.05) is 6.26 Å². The summed E-state index contributed by atoms with van der Waals surface area (Å²) in [7, 11) is -3.29. The van der Waals surface area contributed by atoms with Crippen molar-refractivity contribution in [1.29, 1.82) is 0 Å². The number of carbonyl (C=O) groups excluding carboxylic acids is 1. The standard InChI is InChI=1S/C25H30N2O6S/c1-34(30,31)23-10-8-17(9-11-23)26-13-12-21(16-24(26)28)32-22-14-18-6-7-19(15-22)27(18)25(29)33-20-4-2-3-5-20/h8-13,16,18-20,22H,2-7,14-15H2,1H3/t18-,19-/m1/s1. The van der Waals surface area contributed by atoms with Crippen LogP contribution in [-0.4, -0.2) is 54.5 Å². The average molecular weight is 487 g/mol. The van der Waals surface area contributed by atoms with Crippen LogP contribution in [0.25, 0.3) is 5.69 Å². The largest absolute Gasteiger partial charge is 0.490 e. The number of piperidine rings is 1. The zero-order valence-corrected chi connectivity index (χ0v) is 20.1. The maximum Gasteiger partial charge on any atom is 0.410 e. The highest BCUT2D eigenvalue weighted by Crippen LogP contribution is 2.38. The minimum Gasteiger partial charge on any atom is -0.490 e. The number of fused-ring (bicyclic) bond motifs is 2. The summed E-state index contributed by atoms with van der Waals surface area (Å²) in [5, 5.41) is 0. The summed E-state index contributed by atoms with van der Waals surface area (Å²) in [5.74, 6) is 0.500. The number of pyridine rings is 1. The number of sulfone groups is 1. The first kappa shape index (κ1) is 23.0. The monoisotopic (exact) mass is 486 g/mol. The normalized spacial score (nSPS) is 24.9. The minimum atomic E-state index is -3.29. The number of hydrogen-bond donors (Lipinski definition) is 0. The average Bonchev–Trinajstić information content (AvgIpc) is 3.39. The Morgan fingerprint density at radius 3 is 2.18 bits per heavy atom. The molecule has 0 spiro atoms. The van der Waals surface area contributed by atoms with E-state index in [-0.39, 0.29) is 40.8 Å². The third-order valence-electron chi connectivity index (χ3n) is 7.21. The number of rotatable bonds is 5. The molecule has 0 radical (unpaired) electrons. The smallest absolute Gasteiger partial charge is 0.410 e. The molecular formula is C25H30N2O6S. The quantitative estimate of drug-likeness (QED) is 0.640. The van der Waals surface area contributed by atoms with Crippen LogP contribution >= 0.6 is 0 Å². The van der Waals surface area contributed by atoms with Gasteiger partial charge in [-0.2, -0.15) is 0 Å². The van der Waals surface area contributed by atoms with E-state index in [1.54, 1.807) is 24.4 Å². The van der Waals surface area contributed by atoms with E-state index in [0.717, 1.165) is 57.6 Å². The first-order valence-electron chi connectivity index (χ1n) is 12.0. The van der Waals surface area contributed by atoms with Gasteiger partial charge in [0.2, 0.25) is 0 Å². The molecule has 1 aliphatic carbocycles. The maximum atomic E-state index is 12.8. The van der Waals surface area contributed by atoms with E-state index in [1.807, 2.05) is 4.90 Å². The molecule has 5 rings (SSSR count). The predicted octanol–water partition coefficient (Wildman–Crippen LogP) is 3.69. The lowest BCUT2D eigenvalue weighted by molar-refractivity contribution is 0.0164. The van der Waals surface area contributed by atoms with Crippen molar-refractivity contribution >= 4 is 15.9 Å². The fourth-order valence-electron chi connectivity index (χ4n) is 5.52. The number of aromatic nitrogens is 1. The van der Waals surface area contributed by atoms with Gasteiger partial charge < -0.3 is 14.4 Å². The van der Waals surface area contributed by atoms with Crippen molar-refractivity contribution in [2.45, 2.75) is 80.6 Å². The molecule has 2 aliphatic heterocycles. The Labute approximate surface area is 199 Å². The van der Waals surface area contributed by atoms with E-state index in [0.29, 0.717) is 11.4 Å². The first-order chi connectivity index (χ1) is 16.3. The van der Waals surface area contributed by atoms with Gasteiger partial charge in [0.1, 0.15) is 18.0 Å². The minimum absolute atomic E-state index is 0.0580. The molecule has 2 atom stereocenters. The van der Waals surface area contributed by atoms with Gasteiger partial charge >= 0.3 is 6.09 Å². The Bertz CT molecular complexity index is 1200. The highest BCUT2D eigenvalue weighted by molar-refractivity contribution is 7.90. The van der Waals surface area contributed by atoms with Crippen molar-refractivity contribution in [3.8, 4) is 11.4 Å². The van der Waals surface area contributed by atoms with Crippen molar-refractivity contribution < 1.29 is 22.7 Å². The second-order valence-corrected chi connectivity index (χ2v) is 11.6. The van der Waals surface area contributed by atoms with E-state index in [1.165, 1.54) is 22.8 Å². The van der Waals surface area contributed by atoms with Gasteiger partial charge in [-0.3, -0.25) is 9.36 Å². The van der Waals surface area contributed by atoms with Crippen LogP contribution in [0.15, 0.2) is 52.3 Å². The Kier molecular flexibility index (Phi) is 6.14. The highest BCUT2D eigenvalue weighted by Gasteiger charge is 2.45. The Morgan fingerprint density at radius 2 is 1.59 bits per heavy atom. The van der Waals surface area contributed by atoms with Crippen LogP contribution in [0.1, 0.15) is 51.4 Å². The molecular weight excluding hydrogens is 456 g/mol. The molecule has 0 N–H and O–H groups in total. The van der Waals surface area contributed by atoms with E-state index in [4.69, 9.17) is 9.47 Å². The molecule has 0 unspecified atom stereocenters. The van der Waals surface area contributed by atoms with Crippen LogP contribution < -0.4 is 10.3 Å². The van der Waals surface area contributed by atoms with Crippen molar-refractivity contribution in [2.24, 2.45) is 0 Å². The lowest BCUT2D eigenvalue weighted by Gasteiger charge is -2.38. The van der Waals surface area contributed by atoms with Crippen LogP contribution in [0, 0.1) is 0 Å². The summed E-state index contributed by atoms with van der Waals surface area (Å²) in [6.07, 6.45) is 10.2. The Hall–Kier alpha value is -2.81. The molecule has 2 bridgehead atoms. The summed E-state index contributed by atoms with van der Waals surface area (Å²) in [4.78, 5) is 27.6. The third-order valence-corrected chi connectivity index (χ3v) is 8.34. The van der Waals surface area contributed by atoms with E-state index >= 15 is 0 Å². The summed E-state index contributed by atoms with van der Waals surface area (Å²) in [5.41, 5.74) is 0.321. The predicted molar refractivity (Wildman–Crippen MR) is 126 cm³/mol. The summed E-state index contributed by atoms with van der Waals surface area (Å²) in [6, 6.07) is 9.62. The number of nitrogens with zero attached hydrogens (tertiary/aromatic N) is 2. The number of carbonyl (C=O) groups is 1. The molecule has 9 heteroatoms. The van der Waals surface area contributed by atoms with Gasteiger partial charge in [0.05, 0.1) is 4.90 Å². The van der Waals surface area contributed by atoms with Crippen LogP contribution in [-0.2, 0) is 14.6 Å². The molecule has 3 aliphatic rings. The number of ether oxygens (including phenoxy) is 2. The topological polar surface area (TPSA) is 94.9 Å². The molecule has 2 aromatic rings. The van der Waals surface area contributed by atoms with Gasteiger partial charge in [0, 0.05) is 49.1 Å².